The van der Waals surface area contributed by atoms with Crippen molar-refractivity contribution in [1.29, 1.82) is 0 Å². The Bertz CT molecular complexity index is 1210. The van der Waals surface area contributed by atoms with Crippen molar-refractivity contribution in [2.45, 2.75) is 56.3 Å². The molecule has 14 nitrogen and oxygen atoms in total. The number of nitrogens with zero attached hydrogens (tertiary/aromatic N) is 2. The number of amides is 3. The van der Waals surface area contributed by atoms with E-state index in [9.17, 15) is 29.4 Å². The number of H-pyrrole nitrogens is 1. The number of aliphatic hydroxyl groups is 1. The molecule has 0 bridgehead atoms. The molecule has 4 unspecified atom stereocenters. The van der Waals surface area contributed by atoms with Gasteiger partial charge in [0.05, 0.1) is 6.61 Å². The van der Waals surface area contributed by atoms with Gasteiger partial charge in [0, 0.05) is 36.6 Å². The molecule has 0 radical (unpaired) electrons. The van der Waals surface area contributed by atoms with Gasteiger partial charge in [-0.3, -0.25) is 19.4 Å². The molecule has 14 heteroatoms. The number of nitrogens with two attached hydrogens (primary N) is 3. The Morgan fingerprint density at radius 1 is 1.15 bits per heavy atom. The van der Waals surface area contributed by atoms with Crippen molar-refractivity contribution in [1.82, 2.24) is 20.5 Å². The van der Waals surface area contributed by atoms with Crippen LogP contribution in [-0.4, -0.2) is 93.6 Å². The first-order valence-electron chi connectivity index (χ1n) is 12.7. The van der Waals surface area contributed by atoms with E-state index in [1.807, 2.05) is 24.3 Å². The normalized spacial score (nSPS) is 17.3. The minimum atomic E-state index is -1.23. The van der Waals surface area contributed by atoms with Crippen LogP contribution in [0.1, 0.15) is 31.2 Å². The second-order valence-electron chi connectivity index (χ2n) is 9.45. The lowest BCUT2D eigenvalue weighted by Crippen LogP contribution is -2.57. The van der Waals surface area contributed by atoms with Gasteiger partial charge in [0.1, 0.15) is 24.2 Å². The fourth-order valence-corrected chi connectivity index (χ4v) is 4.61. The Hall–Kier alpha value is -4.17. The third kappa shape index (κ3) is 7.67. The van der Waals surface area contributed by atoms with Crippen LogP contribution in [0.25, 0.3) is 10.9 Å². The number of carbonyl (C=O) groups is 4. The predicted molar refractivity (Wildman–Crippen MR) is 143 cm³/mol. The van der Waals surface area contributed by atoms with E-state index in [0.29, 0.717) is 19.3 Å². The number of rotatable bonds is 13. The van der Waals surface area contributed by atoms with Gasteiger partial charge in [0.25, 0.3) is 0 Å². The summed E-state index contributed by atoms with van der Waals surface area (Å²) in [5.74, 6) is -3.14. The molecule has 0 aliphatic carbocycles. The topological polar surface area (TPSA) is 242 Å². The standard InChI is InChI=1S/C25H36N8O6/c26-16(13-34)21(35)31-18(7-3-9-29-25(27)28)23(37)33-10-4-8-20(33)22(36)32-19(24(38)39)11-14-12-30-17-6-2-1-5-15(14)17/h1-2,5-6,12,16,18-20,30,34H,3-4,7-11,13,26H2,(H,31,35)(H,32,36)(H,38,39)(H4,27,28,29). The summed E-state index contributed by atoms with van der Waals surface area (Å²) < 4.78 is 0. The van der Waals surface area contributed by atoms with Gasteiger partial charge in [-0.1, -0.05) is 18.2 Å². The summed E-state index contributed by atoms with van der Waals surface area (Å²) in [6.07, 6.45) is 3.12. The molecule has 11 N–H and O–H groups in total. The Morgan fingerprint density at radius 3 is 2.59 bits per heavy atom. The molecule has 212 valence electrons. The van der Waals surface area contributed by atoms with Gasteiger partial charge in [0.2, 0.25) is 17.7 Å². The smallest absolute Gasteiger partial charge is 0.326 e. The molecule has 1 saturated heterocycles. The number of carboxylic acids is 1. The van der Waals surface area contributed by atoms with E-state index in [0.717, 1.165) is 16.5 Å². The molecule has 2 heterocycles. The van der Waals surface area contributed by atoms with Gasteiger partial charge in [-0.05, 0) is 37.3 Å². The first-order valence-corrected chi connectivity index (χ1v) is 12.7. The van der Waals surface area contributed by atoms with Gasteiger partial charge in [0.15, 0.2) is 5.96 Å². The molecule has 2 aromatic rings. The number of nitrogens with one attached hydrogen (secondary N) is 3. The number of aliphatic hydroxyl groups excluding tert-OH is 1. The highest BCUT2D eigenvalue weighted by Gasteiger charge is 2.39. The Balaban J connectivity index is 1.72. The van der Waals surface area contributed by atoms with Crippen LogP contribution in [-0.2, 0) is 25.6 Å². The summed E-state index contributed by atoms with van der Waals surface area (Å²) in [7, 11) is 0. The Morgan fingerprint density at radius 2 is 1.90 bits per heavy atom. The maximum Gasteiger partial charge on any atom is 0.326 e. The number of aliphatic carboxylic acids is 1. The van der Waals surface area contributed by atoms with E-state index in [2.05, 4.69) is 20.6 Å². The number of para-hydroxylation sites is 1. The average Bonchev–Trinajstić information content (AvgIpc) is 3.56. The number of aromatic nitrogens is 1. The maximum absolute atomic E-state index is 13.5. The quantitative estimate of drug-likeness (QED) is 0.0798. The van der Waals surface area contributed by atoms with E-state index in [1.165, 1.54) is 4.90 Å². The zero-order valence-corrected chi connectivity index (χ0v) is 21.5. The van der Waals surface area contributed by atoms with Crippen molar-refractivity contribution in [3.05, 3.63) is 36.0 Å². The molecular weight excluding hydrogens is 508 g/mol. The summed E-state index contributed by atoms with van der Waals surface area (Å²) in [5, 5.41) is 25.0. The fraction of sp³-hybridized carbons (Fsp3) is 0.480. The van der Waals surface area contributed by atoms with E-state index in [1.54, 1.807) is 6.20 Å². The molecular formula is C25H36N8O6. The predicted octanol–water partition coefficient (Wildman–Crippen LogP) is -1.87. The number of guanidine groups is 1. The molecule has 0 saturated carbocycles. The number of carboxylic acid groups (broad SMARTS) is 1. The monoisotopic (exact) mass is 544 g/mol. The first-order chi connectivity index (χ1) is 18.6. The van der Waals surface area contributed by atoms with E-state index < -0.39 is 54.5 Å². The molecule has 0 spiro atoms. The average molecular weight is 545 g/mol. The third-order valence-corrected chi connectivity index (χ3v) is 6.65. The van der Waals surface area contributed by atoms with Crippen molar-refractivity contribution in [2.24, 2.45) is 22.2 Å². The molecule has 4 atom stereocenters. The molecule has 1 aliphatic rings. The zero-order valence-electron chi connectivity index (χ0n) is 21.5. The van der Waals surface area contributed by atoms with Crippen molar-refractivity contribution in [2.75, 3.05) is 19.7 Å². The molecule has 1 aromatic carbocycles. The molecule has 3 rings (SSSR count). The number of likely N-dealkylation sites (tertiary alicyclic amines) is 1. The van der Waals surface area contributed by atoms with Crippen LogP contribution < -0.4 is 27.8 Å². The second kappa shape index (κ2) is 13.6. The molecule has 1 aromatic heterocycles. The van der Waals surface area contributed by atoms with Gasteiger partial charge >= 0.3 is 5.97 Å². The van der Waals surface area contributed by atoms with Crippen molar-refractivity contribution < 1.29 is 29.4 Å². The maximum atomic E-state index is 13.5. The number of hydrogen-bond donors (Lipinski definition) is 8. The zero-order chi connectivity index (χ0) is 28.5. The van der Waals surface area contributed by atoms with Crippen LogP contribution in [0.3, 0.4) is 0 Å². The Labute approximate surface area is 225 Å². The third-order valence-electron chi connectivity index (χ3n) is 6.65. The number of aromatic amines is 1. The first kappa shape index (κ1) is 29.4. The lowest BCUT2D eigenvalue weighted by molar-refractivity contribution is -0.145. The number of hydrogen-bond acceptors (Lipinski definition) is 7. The number of aliphatic imine (C=N–C) groups is 1. The van der Waals surface area contributed by atoms with Crippen molar-refractivity contribution in [3.8, 4) is 0 Å². The van der Waals surface area contributed by atoms with Crippen LogP contribution >= 0.6 is 0 Å². The van der Waals surface area contributed by atoms with E-state index in [4.69, 9.17) is 17.2 Å². The minimum Gasteiger partial charge on any atom is -0.480 e. The lowest BCUT2D eigenvalue weighted by Gasteiger charge is -2.30. The highest BCUT2D eigenvalue weighted by molar-refractivity contribution is 5.94. The summed E-state index contributed by atoms with van der Waals surface area (Å²) in [6.45, 7) is -0.141. The molecule has 3 amide bonds. The van der Waals surface area contributed by atoms with E-state index >= 15 is 0 Å². The fourth-order valence-electron chi connectivity index (χ4n) is 4.61. The molecule has 1 aliphatic heterocycles. The van der Waals surface area contributed by atoms with Gasteiger partial charge < -0.3 is 47.9 Å². The number of fused-ring (bicyclic) bond motifs is 1. The molecule has 39 heavy (non-hydrogen) atoms. The highest BCUT2D eigenvalue weighted by Crippen LogP contribution is 2.22. The Kier molecular flexibility index (Phi) is 10.2. The summed E-state index contributed by atoms with van der Waals surface area (Å²) in [4.78, 5) is 59.4. The molecule has 1 fully saturated rings. The van der Waals surface area contributed by atoms with E-state index in [-0.39, 0.29) is 31.9 Å². The van der Waals surface area contributed by atoms with Crippen LogP contribution in [0, 0.1) is 0 Å². The largest absolute Gasteiger partial charge is 0.480 e. The van der Waals surface area contributed by atoms with Crippen LogP contribution in [0.5, 0.6) is 0 Å². The van der Waals surface area contributed by atoms with Crippen molar-refractivity contribution >= 4 is 40.6 Å². The summed E-state index contributed by atoms with van der Waals surface area (Å²) >= 11 is 0. The van der Waals surface area contributed by atoms with Crippen LogP contribution in [0.15, 0.2) is 35.5 Å². The lowest BCUT2D eigenvalue weighted by atomic mass is 10.0. The van der Waals surface area contributed by atoms with Crippen LogP contribution in [0.2, 0.25) is 0 Å². The minimum absolute atomic E-state index is 0.0499. The second-order valence-corrected chi connectivity index (χ2v) is 9.45. The van der Waals surface area contributed by atoms with Gasteiger partial charge in [-0.2, -0.15) is 0 Å². The summed E-state index contributed by atoms with van der Waals surface area (Å²) in [5.41, 5.74) is 17.9. The van der Waals surface area contributed by atoms with Crippen molar-refractivity contribution in [3.63, 3.8) is 0 Å². The SMILES string of the molecule is NC(N)=NCCCC(NC(=O)C(N)CO)C(=O)N1CCCC1C(=O)NC(Cc1c[nH]c2ccccc12)C(=O)O. The number of benzene rings is 1. The number of carbonyl (C=O) groups excluding carboxylic acids is 3. The van der Waals surface area contributed by atoms with Gasteiger partial charge in [-0.25, -0.2) is 4.79 Å². The highest BCUT2D eigenvalue weighted by atomic mass is 16.4. The van der Waals surface area contributed by atoms with Gasteiger partial charge in [-0.15, -0.1) is 0 Å². The van der Waals surface area contributed by atoms with Crippen LogP contribution in [0.4, 0.5) is 0 Å². The summed E-state index contributed by atoms with van der Waals surface area (Å²) in [6, 6.07) is 3.04.